The number of carbonyl (C=O) groups is 1. The normalized spacial score (nSPS) is 12.6. The summed E-state index contributed by atoms with van der Waals surface area (Å²) in [5.41, 5.74) is -0.234. The highest BCUT2D eigenvalue weighted by Crippen LogP contribution is 2.09. The van der Waals surface area contributed by atoms with Crippen LogP contribution in [0.4, 0.5) is 8.78 Å². The molecule has 1 aromatic rings. The van der Waals surface area contributed by atoms with E-state index >= 15 is 0 Å². The number of hydrogen-bond acceptors (Lipinski definition) is 2. The summed E-state index contributed by atoms with van der Waals surface area (Å²) in [6.07, 6.45) is -0.692. The Labute approximate surface area is 98.5 Å². The highest BCUT2D eigenvalue weighted by Gasteiger charge is 2.15. The lowest BCUT2D eigenvalue weighted by molar-refractivity contribution is 0.0868. The van der Waals surface area contributed by atoms with E-state index in [4.69, 9.17) is 0 Å². The van der Waals surface area contributed by atoms with Crippen molar-refractivity contribution in [3.8, 4) is 0 Å². The summed E-state index contributed by atoms with van der Waals surface area (Å²) in [5.74, 6) is -2.32. The molecule has 1 rings (SSSR count). The van der Waals surface area contributed by atoms with E-state index in [1.165, 1.54) is 0 Å². The van der Waals surface area contributed by atoms with Gasteiger partial charge in [0, 0.05) is 12.6 Å². The third kappa shape index (κ3) is 3.78. The summed E-state index contributed by atoms with van der Waals surface area (Å²) in [4.78, 5) is 11.5. The molecule has 0 spiro atoms. The van der Waals surface area contributed by atoms with Crippen molar-refractivity contribution in [3.63, 3.8) is 0 Å². The molecule has 3 nitrogen and oxygen atoms in total. The standard InChI is InChI=1S/C12H15F2NO2/c1-7(2)11(16)6-15-12(17)9-4-3-8(13)5-10(9)14/h3-5,7,11,16H,6H2,1-2H3,(H,15,17). The van der Waals surface area contributed by atoms with Crippen LogP contribution in [0.5, 0.6) is 0 Å². The predicted molar refractivity (Wildman–Crippen MR) is 59.5 cm³/mol. The molecule has 5 heteroatoms. The van der Waals surface area contributed by atoms with Crippen LogP contribution in [0.25, 0.3) is 0 Å². The molecule has 94 valence electrons. The lowest BCUT2D eigenvalue weighted by Gasteiger charge is -2.15. The molecular weight excluding hydrogens is 228 g/mol. The van der Waals surface area contributed by atoms with Gasteiger partial charge in [-0.15, -0.1) is 0 Å². The minimum Gasteiger partial charge on any atom is -0.391 e. The van der Waals surface area contributed by atoms with E-state index in [0.717, 1.165) is 12.1 Å². The minimum absolute atomic E-state index is 0.00614. The molecule has 17 heavy (non-hydrogen) atoms. The van der Waals surface area contributed by atoms with Crippen LogP contribution in [0.15, 0.2) is 18.2 Å². The Balaban J connectivity index is 2.64. The molecule has 0 saturated carbocycles. The first-order valence-electron chi connectivity index (χ1n) is 5.33. The molecule has 0 heterocycles. The summed E-state index contributed by atoms with van der Waals surface area (Å²) in [7, 11) is 0. The van der Waals surface area contributed by atoms with E-state index in [1.807, 2.05) is 0 Å². The molecule has 2 N–H and O–H groups in total. The second-order valence-electron chi connectivity index (χ2n) is 4.15. The number of hydrogen-bond donors (Lipinski definition) is 2. The fraction of sp³-hybridized carbons (Fsp3) is 0.417. The number of halogens is 2. The largest absolute Gasteiger partial charge is 0.391 e. The number of rotatable bonds is 4. The van der Waals surface area contributed by atoms with Crippen LogP contribution in [-0.4, -0.2) is 23.7 Å². The van der Waals surface area contributed by atoms with Crippen LogP contribution in [0.3, 0.4) is 0 Å². The molecule has 0 saturated heterocycles. The third-order valence-electron chi connectivity index (χ3n) is 2.42. The molecule has 1 atom stereocenters. The quantitative estimate of drug-likeness (QED) is 0.845. The molecule has 0 aliphatic rings. The van der Waals surface area contributed by atoms with Gasteiger partial charge < -0.3 is 10.4 Å². The second kappa shape index (κ2) is 5.72. The number of aliphatic hydroxyl groups excluding tert-OH is 1. The van der Waals surface area contributed by atoms with Gasteiger partial charge in [0.2, 0.25) is 0 Å². The first-order chi connectivity index (χ1) is 7.91. The van der Waals surface area contributed by atoms with Crippen LogP contribution < -0.4 is 5.32 Å². The lowest BCUT2D eigenvalue weighted by atomic mass is 10.1. The molecule has 0 aliphatic heterocycles. The first-order valence-corrected chi connectivity index (χ1v) is 5.33. The fourth-order valence-electron chi connectivity index (χ4n) is 1.20. The Kier molecular flexibility index (Phi) is 4.57. The maximum atomic E-state index is 13.2. The zero-order valence-corrected chi connectivity index (χ0v) is 9.71. The average molecular weight is 243 g/mol. The van der Waals surface area contributed by atoms with Gasteiger partial charge in [-0.3, -0.25) is 4.79 Å². The van der Waals surface area contributed by atoms with Crippen LogP contribution in [0.2, 0.25) is 0 Å². The highest BCUT2D eigenvalue weighted by molar-refractivity contribution is 5.94. The zero-order valence-electron chi connectivity index (χ0n) is 9.71. The van der Waals surface area contributed by atoms with E-state index in [1.54, 1.807) is 13.8 Å². The smallest absolute Gasteiger partial charge is 0.254 e. The molecule has 0 bridgehead atoms. The van der Waals surface area contributed by atoms with Crippen molar-refractivity contribution in [2.24, 2.45) is 5.92 Å². The molecule has 0 aromatic heterocycles. The second-order valence-corrected chi connectivity index (χ2v) is 4.15. The van der Waals surface area contributed by atoms with E-state index < -0.39 is 23.6 Å². The van der Waals surface area contributed by atoms with Crippen molar-refractivity contribution in [2.45, 2.75) is 20.0 Å². The van der Waals surface area contributed by atoms with Gasteiger partial charge in [-0.25, -0.2) is 8.78 Å². The lowest BCUT2D eigenvalue weighted by Crippen LogP contribution is -2.35. The van der Waals surface area contributed by atoms with E-state index in [0.29, 0.717) is 6.07 Å². The van der Waals surface area contributed by atoms with Gasteiger partial charge in [-0.2, -0.15) is 0 Å². The number of amides is 1. The molecule has 0 fully saturated rings. The van der Waals surface area contributed by atoms with Crippen molar-refractivity contribution in [1.29, 1.82) is 0 Å². The van der Waals surface area contributed by atoms with E-state index in [-0.39, 0.29) is 18.0 Å². The van der Waals surface area contributed by atoms with Gasteiger partial charge in [0.15, 0.2) is 0 Å². The Morgan fingerprint density at radius 3 is 2.59 bits per heavy atom. The summed E-state index contributed by atoms with van der Waals surface area (Å²) < 4.78 is 25.8. The number of benzene rings is 1. The third-order valence-corrected chi connectivity index (χ3v) is 2.42. The number of aliphatic hydroxyl groups is 1. The SMILES string of the molecule is CC(C)C(O)CNC(=O)c1ccc(F)cc1F. The maximum Gasteiger partial charge on any atom is 0.254 e. The Bertz CT molecular complexity index is 407. The topological polar surface area (TPSA) is 49.3 Å². The van der Waals surface area contributed by atoms with E-state index in [9.17, 15) is 18.7 Å². The van der Waals surface area contributed by atoms with Gasteiger partial charge >= 0.3 is 0 Å². The maximum absolute atomic E-state index is 13.2. The number of nitrogens with one attached hydrogen (secondary N) is 1. The monoisotopic (exact) mass is 243 g/mol. The van der Waals surface area contributed by atoms with Gasteiger partial charge in [0.25, 0.3) is 5.91 Å². The molecule has 1 aromatic carbocycles. The van der Waals surface area contributed by atoms with Crippen molar-refractivity contribution in [3.05, 3.63) is 35.4 Å². The molecular formula is C12H15F2NO2. The van der Waals surface area contributed by atoms with E-state index in [2.05, 4.69) is 5.32 Å². The fourth-order valence-corrected chi connectivity index (χ4v) is 1.20. The minimum atomic E-state index is -0.915. The van der Waals surface area contributed by atoms with Gasteiger partial charge in [0.1, 0.15) is 11.6 Å². The Hall–Kier alpha value is -1.49. The Morgan fingerprint density at radius 2 is 2.06 bits per heavy atom. The van der Waals surface area contributed by atoms with Crippen molar-refractivity contribution >= 4 is 5.91 Å². The van der Waals surface area contributed by atoms with Gasteiger partial charge in [-0.05, 0) is 18.1 Å². The predicted octanol–water partition coefficient (Wildman–Crippen LogP) is 1.71. The summed E-state index contributed by atoms with van der Waals surface area (Å²) >= 11 is 0. The van der Waals surface area contributed by atoms with Gasteiger partial charge in [-0.1, -0.05) is 13.8 Å². The average Bonchev–Trinajstić information content (AvgIpc) is 2.25. The van der Waals surface area contributed by atoms with Crippen LogP contribution in [0.1, 0.15) is 24.2 Å². The molecule has 1 amide bonds. The van der Waals surface area contributed by atoms with Crippen LogP contribution >= 0.6 is 0 Å². The highest BCUT2D eigenvalue weighted by atomic mass is 19.1. The van der Waals surface area contributed by atoms with Crippen molar-refractivity contribution in [1.82, 2.24) is 5.32 Å². The van der Waals surface area contributed by atoms with Gasteiger partial charge in [0.05, 0.1) is 11.7 Å². The first kappa shape index (κ1) is 13.6. The molecule has 1 unspecified atom stereocenters. The van der Waals surface area contributed by atoms with Crippen LogP contribution in [0, 0.1) is 17.6 Å². The summed E-state index contributed by atoms with van der Waals surface area (Å²) in [5, 5.41) is 11.9. The zero-order chi connectivity index (χ0) is 13.0. The molecule has 0 aliphatic carbocycles. The van der Waals surface area contributed by atoms with Crippen LogP contribution in [-0.2, 0) is 0 Å². The van der Waals surface area contributed by atoms with Crippen molar-refractivity contribution in [2.75, 3.05) is 6.54 Å². The number of carbonyl (C=O) groups excluding carboxylic acids is 1. The van der Waals surface area contributed by atoms with Crippen molar-refractivity contribution < 1.29 is 18.7 Å². The Morgan fingerprint density at radius 1 is 1.41 bits per heavy atom. The summed E-state index contributed by atoms with van der Waals surface area (Å²) in [6, 6.07) is 2.73. The summed E-state index contributed by atoms with van der Waals surface area (Å²) in [6.45, 7) is 3.64. The molecule has 0 radical (unpaired) electrons.